The first-order valence-corrected chi connectivity index (χ1v) is 5.96. The van der Waals surface area contributed by atoms with Crippen LogP contribution >= 0.6 is 0 Å². The highest BCUT2D eigenvalue weighted by molar-refractivity contribution is 7.72. The van der Waals surface area contributed by atoms with Gasteiger partial charge in [0, 0.05) is 0 Å². The number of hydrogen-bond donors (Lipinski definition) is 2. The summed E-state index contributed by atoms with van der Waals surface area (Å²) in [6, 6.07) is 0.194. The van der Waals surface area contributed by atoms with Gasteiger partial charge in [0.1, 0.15) is 11.5 Å². The average molecular weight is 231 g/mol. The SMILES string of the molecule is CCN[C@@H]1COc2c([SH](=O)=O)cnn2C1. The summed E-state index contributed by atoms with van der Waals surface area (Å²) in [5.41, 5.74) is 0. The van der Waals surface area contributed by atoms with Crippen LogP contribution in [0.4, 0.5) is 0 Å². The van der Waals surface area contributed by atoms with Crippen molar-refractivity contribution in [1.82, 2.24) is 15.1 Å². The van der Waals surface area contributed by atoms with Gasteiger partial charge in [-0.3, -0.25) is 0 Å². The van der Waals surface area contributed by atoms with Gasteiger partial charge in [-0.1, -0.05) is 6.92 Å². The monoisotopic (exact) mass is 231 g/mol. The second-order valence-electron chi connectivity index (χ2n) is 3.34. The van der Waals surface area contributed by atoms with Crippen molar-refractivity contribution in [3.63, 3.8) is 0 Å². The van der Waals surface area contributed by atoms with E-state index in [1.807, 2.05) is 6.92 Å². The van der Waals surface area contributed by atoms with E-state index < -0.39 is 10.7 Å². The summed E-state index contributed by atoms with van der Waals surface area (Å²) in [7, 11) is -2.62. The molecule has 1 atom stereocenters. The molecule has 1 N–H and O–H groups in total. The van der Waals surface area contributed by atoms with Crippen LogP contribution in [-0.4, -0.2) is 37.4 Å². The van der Waals surface area contributed by atoms with Gasteiger partial charge in [-0.05, 0) is 6.54 Å². The molecule has 0 amide bonds. The van der Waals surface area contributed by atoms with E-state index in [9.17, 15) is 8.42 Å². The molecule has 1 aliphatic rings. The van der Waals surface area contributed by atoms with Crippen LogP contribution in [0.15, 0.2) is 11.1 Å². The van der Waals surface area contributed by atoms with Gasteiger partial charge in [0.2, 0.25) is 5.88 Å². The van der Waals surface area contributed by atoms with Gasteiger partial charge in [0.15, 0.2) is 10.7 Å². The maximum atomic E-state index is 10.8. The number of nitrogens with one attached hydrogen (secondary N) is 1. The first-order chi connectivity index (χ1) is 7.22. The Balaban J connectivity index is 2.22. The van der Waals surface area contributed by atoms with Crippen molar-refractivity contribution in [3.8, 4) is 5.88 Å². The van der Waals surface area contributed by atoms with Gasteiger partial charge < -0.3 is 10.1 Å². The molecule has 0 fully saturated rings. The Morgan fingerprint density at radius 1 is 1.73 bits per heavy atom. The zero-order chi connectivity index (χ0) is 10.8. The number of fused-ring (bicyclic) bond motifs is 1. The fourth-order valence-electron chi connectivity index (χ4n) is 1.62. The molecule has 0 spiro atoms. The standard InChI is InChI=1S/C8H13N3O3S/c1-2-9-6-4-11-8(14-5-6)7(3-10-11)15(12)13/h3,6,9,15H,2,4-5H2,1H3/t6-/m0/s1. The Hall–Kier alpha value is -1.08. The minimum Gasteiger partial charge on any atom is -0.475 e. The number of thiol groups is 1. The molecule has 7 heteroatoms. The summed E-state index contributed by atoms with van der Waals surface area (Å²) >= 11 is 0. The van der Waals surface area contributed by atoms with Crippen LogP contribution in [0, 0.1) is 0 Å². The predicted molar refractivity (Wildman–Crippen MR) is 53.8 cm³/mol. The van der Waals surface area contributed by atoms with Gasteiger partial charge >= 0.3 is 0 Å². The van der Waals surface area contributed by atoms with E-state index >= 15 is 0 Å². The number of ether oxygens (including phenoxy) is 1. The molecule has 2 rings (SSSR count). The van der Waals surface area contributed by atoms with Crippen molar-refractivity contribution in [1.29, 1.82) is 0 Å². The average Bonchev–Trinajstić information content (AvgIpc) is 2.61. The topological polar surface area (TPSA) is 73.2 Å². The summed E-state index contributed by atoms with van der Waals surface area (Å²) in [6.07, 6.45) is 1.33. The molecule has 6 nitrogen and oxygen atoms in total. The zero-order valence-electron chi connectivity index (χ0n) is 8.34. The van der Waals surface area contributed by atoms with Crippen LogP contribution in [0.2, 0.25) is 0 Å². The molecule has 0 saturated heterocycles. The molecule has 0 aliphatic carbocycles. The first-order valence-electron chi connectivity index (χ1n) is 4.78. The second-order valence-corrected chi connectivity index (χ2v) is 4.34. The Morgan fingerprint density at radius 3 is 3.20 bits per heavy atom. The predicted octanol–water partition coefficient (Wildman–Crippen LogP) is -0.776. The van der Waals surface area contributed by atoms with E-state index in [1.165, 1.54) is 6.20 Å². The van der Waals surface area contributed by atoms with Gasteiger partial charge in [-0.25, -0.2) is 13.1 Å². The third-order valence-corrected chi connectivity index (χ3v) is 2.98. The summed E-state index contributed by atoms with van der Waals surface area (Å²) in [4.78, 5) is 0.167. The fourth-order valence-corrected chi connectivity index (χ4v) is 2.10. The third-order valence-electron chi connectivity index (χ3n) is 2.28. The van der Waals surface area contributed by atoms with Crippen LogP contribution in [0.1, 0.15) is 6.92 Å². The van der Waals surface area contributed by atoms with E-state index in [1.54, 1.807) is 4.68 Å². The molecule has 84 valence electrons. The Kier molecular flexibility index (Phi) is 2.92. The van der Waals surface area contributed by atoms with Crippen LogP contribution in [-0.2, 0) is 17.2 Å². The molecular formula is C8H13N3O3S. The van der Waals surface area contributed by atoms with E-state index in [4.69, 9.17) is 4.74 Å². The van der Waals surface area contributed by atoms with E-state index in [-0.39, 0.29) is 10.9 Å². The van der Waals surface area contributed by atoms with Gasteiger partial charge in [-0.2, -0.15) is 5.10 Å². The molecule has 1 aromatic rings. The molecular weight excluding hydrogens is 218 g/mol. The van der Waals surface area contributed by atoms with E-state index in [0.29, 0.717) is 19.0 Å². The molecule has 2 heterocycles. The van der Waals surface area contributed by atoms with Crippen molar-refractivity contribution in [3.05, 3.63) is 6.20 Å². The summed E-state index contributed by atoms with van der Waals surface area (Å²) in [5, 5.41) is 7.21. The van der Waals surface area contributed by atoms with Crippen molar-refractivity contribution in [2.24, 2.45) is 0 Å². The molecule has 1 aromatic heterocycles. The molecule has 15 heavy (non-hydrogen) atoms. The lowest BCUT2D eigenvalue weighted by Crippen LogP contribution is -2.41. The van der Waals surface area contributed by atoms with Crippen molar-refractivity contribution in [2.45, 2.75) is 24.4 Å². The molecule has 0 radical (unpaired) electrons. The highest BCUT2D eigenvalue weighted by Gasteiger charge is 2.23. The van der Waals surface area contributed by atoms with Crippen molar-refractivity contribution in [2.75, 3.05) is 13.2 Å². The number of aromatic nitrogens is 2. The third kappa shape index (κ3) is 1.98. The second kappa shape index (κ2) is 4.19. The highest BCUT2D eigenvalue weighted by Crippen LogP contribution is 2.23. The summed E-state index contributed by atoms with van der Waals surface area (Å²) in [6.45, 7) is 3.99. The normalized spacial score (nSPS) is 20.0. The molecule has 0 aromatic carbocycles. The number of hydrogen-bond acceptors (Lipinski definition) is 5. The minimum atomic E-state index is -2.62. The van der Waals surface area contributed by atoms with Crippen LogP contribution in [0.5, 0.6) is 5.88 Å². The number of rotatable bonds is 3. The lowest BCUT2D eigenvalue weighted by molar-refractivity contribution is 0.180. The largest absolute Gasteiger partial charge is 0.475 e. The molecule has 0 saturated carbocycles. The van der Waals surface area contributed by atoms with Crippen molar-refractivity contribution < 1.29 is 13.2 Å². The maximum Gasteiger partial charge on any atom is 0.230 e. The quantitative estimate of drug-likeness (QED) is 0.668. The molecule has 0 unspecified atom stereocenters. The highest BCUT2D eigenvalue weighted by atomic mass is 32.2. The van der Waals surface area contributed by atoms with Crippen molar-refractivity contribution >= 4 is 10.7 Å². The van der Waals surface area contributed by atoms with Gasteiger partial charge in [-0.15, -0.1) is 0 Å². The van der Waals surface area contributed by atoms with Crippen LogP contribution < -0.4 is 10.1 Å². The van der Waals surface area contributed by atoms with Crippen LogP contribution in [0.25, 0.3) is 0 Å². The zero-order valence-corrected chi connectivity index (χ0v) is 9.24. The first kappa shape index (κ1) is 10.4. The molecule has 1 aliphatic heterocycles. The fraction of sp³-hybridized carbons (Fsp3) is 0.625. The minimum absolute atomic E-state index is 0.167. The Morgan fingerprint density at radius 2 is 2.53 bits per heavy atom. The molecule has 0 bridgehead atoms. The lowest BCUT2D eigenvalue weighted by atomic mass is 10.3. The lowest BCUT2D eigenvalue weighted by Gasteiger charge is -2.24. The summed E-state index contributed by atoms with van der Waals surface area (Å²) < 4.78 is 28.6. The number of nitrogens with zero attached hydrogens (tertiary/aromatic N) is 2. The van der Waals surface area contributed by atoms with Crippen LogP contribution in [0.3, 0.4) is 0 Å². The van der Waals surface area contributed by atoms with Gasteiger partial charge in [0.05, 0.1) is 18.8 Å². The Labute approximate surface area is 89.2 Å². The smallest absolute Gasteiger partial charge is 0.230 e. The Bertz CT molecular complexity index is 419. The van der Waals surface area contributed by atoms with Gasteiger partial charge in [0.25, 0.3) is 0 Å². The maximum absolute atomic E-state index is 10.8. The van der Waals surface area contributed by atoms with E-state index in [2.05, 4.69) is 10.4 Å². The van der Waals surface area contributed by atoms with E-state index in [0.717, 1.165) is 6.54 Å². The summed E-state index contributed by atoms with van der Waals surface area (Å²) in [5.74, 6) is 0.361. The number of likely N-dealkylation sites (N-methyl/N-ethyl adjacent to an activating group) is 1.